The van der Waals surface area contributed by atoms with E-state index in [1.165, 1.54) is 11.3 Å². The van der Waals surface area contributed by atoms with Gasteiger partial charge in [0.2, 0.25) is 0 Å². The number of carbonyl (C=O) groups excluding carboxylic acids is 1. The van der Waals surface area contributed by atoms with Crippen LogP contribution in [0.2, 0.25) is 0 Å². The van der Waals surface area contributed by atoms with Crippen molar-refractivity contribution in [1.29, 1.82) is 0 Å². The van der Waals surface area contributed by atoms with E-state index in [1.54, 1.807) is 4.90 Å². The van der Waals surface area contributed by atoms with Gasteiger partial charge >= 0.3 is 173 Å². The number of hydrogen-bond acceptors (Lipinski definition) is 4. The van der Waals surface area contributed by atoms with E-state index in [0.29, 0.717) is 5.70 Å². The molecule has 2 heterocycles. The first kappa shape index (κ1) is 19.9. The summed E-state index contributed by atoms with van der Waals surface area (Å²) in [6, 6.07) is 16.5. The Morgan fingerprint density at radius 3 is 2.07 bits per heavy atom. The molecule has 29 heavy (non-hydrogen) atoms. The fourth-order valence-electron chi connectivity index (χ4n) is 3.68. The fraction of sp³-hybridized carbons (Fsp3) is 0.304. The van der Waals surface area contributed by atoms with Crippen LogP contribution in [-0.4, -0.2) is 76.2 Å². The fourth-order valence-corrected chi connectivity index (χ4v) is 4.28. The van der Waals surface area contributed by atoms with Crippen molar-refractivity contribution in [3.63, 3.8) is 0 Å². The molecular weight excluding hydrogens is 427 g/mol. The first-order chi connectivity index (χ1) is 13.9. The zero-order chi connectivity index (χ0) is 20.5. The van der Waals surface area contributed by atoms with Gasteiger partial charge in [-0.05, 0) is 7.05 Å². The van der Waals surface area contributed by atoms with Crippen LogP contribution in [-0.2, 0) is 4.79 Å². The predicted octanol–water partition coefficient (Wildman–Crippen LogP) is 2.32. The Morgan fingerprint density at radius 2 is 1.45 bits per heavy atom. The topological polar surface area (TPSA) is 30.0 Å². The summed E-state index contributed by atoms with van der Waals surface area (Å²) in [7, 11) is 4.08. The second-order valence-electron chi connectivity index (χ2n) is 7.73. The summed E-state index contributed by atoms with van der Waals surface area (Å²) < 4.78 is 0.791. The van der Waals surface area contributed by atoms with Crippen LogP contribution in [0.4, 0.5) is 11.4 Å². The van der Waals surface area contributed by atoms with Crippen LogP contribution in [0.25, 0.3) is 6.08 Å². The van der Waals surface area contributed by atoms with Crippen LogP contribution in [0.3, 0.4) is 0 Å². The molecule has 2 aromatic rings. The maximum atomic E-state index is 13.1. The van der Waals surface area contributed by atoms with Crippen molar-refractivity contribution in [2.24, 2.45) is 0 Å². The number of piperazine rings is 1. The summed E-state index contributed by atoms with van der Waals surface area (Å²) in [5.41, 5.74) is 4.97. The van der Waals surface area contributed by atoms with Gasteiger partial charge in [-0.15, -0.1) is 0 Å². The van der Waals surface area contributed by atoms with E-state index in [9.17, 15) is 4.79 Å². The van der Waals surface area contributed by atoms with E-state index in [2.05, 4.69) is 56.7 Å². The molecule has 5 nitrogen and oxygen atoms in total. The van der Waals surface area contributed by atoms with Gasteiger partial charge in [-0.1, -0.05) is 0 Å². The zero-order valence-corrected chi connectivity index (χ0v) is 18.8. The van der Waals surface area contributed by atoms with Gasteiger partial charge in [0, 0.05) is 0 Å². The van der Waals surface area contributed by atoms with Gasteiger partial charge in [0.15, 0.2) is 0 Å². The van der Waals surface area contributed by atoms with Crippen molar-refractivity contribution < 1.29 is 4.79 Å². The van der Waals surface area contributed by atoms with Crippen LogP contribution < -0.4 is 9.80 Å². The molecule has 0 spiro atoms. The molecule has 2 aliphatic rings. The molecule has 0 atom stereocenters. The summed E-state index contributed by atoms with van der Waals surface area (Å²) in [4.78, 5) is 21.5. The Bertz CT molecular complexity index is 944. The standard InChI is InChI=1S/C23H26N4OSe/c1-17-4-8-20(9-5-17)27-22(28)21(25(3)23(27)29)16-18-6-10-19(11-7-18)26-14-12-24(2)13-15-26/h4-11,16H,12-15H2,1-3H3. The van der Waals surface area contributed by atoms with Gasteiger partial charge in [-0.25, -0.2) is 0 Å². The molecule has 1 amide bonds. The Kier molecular flexibility index (Phi) is 5.59. The average molecular weight is 453 g/mol. The Hall–Kier alpha value is -2.40. The number of rotatable bonds is 3. The Balaban J connectivity index is 1.55. The van der Waals surface area contributed by atoms with E-state index in [-0.39, 0.29) is 5.91 Å². The third-order valence-corrected chi connectivity index (χ3v) is 6.58. The molecule has 6 heteroatoms. The van der Waals surface area contributed by atoms with E-state index in [1.807, 2.05) is 49.2 Å². The number of anilines is 2. The third-order valence-electron chi connectivity index (χ3n) is 5.62. The molecule has 0 bridgehead atoms. The molecule has 0 N–H and O–H groups in total. The predicted molar refractivity (Wildman–Crippen MR) is 121 cm³/mol. The molecule has 2 aromatic carbocycles. The van der Waals surface area contributed by atoms with Crippen LogP contribution in [0.15, 0.2) is 54.2 Å². The summed E-state index contributed by atoms with van der Waals surface area (Å²) in [6.45, 7) is 6.32. The van der Waals surface area contributed by atoms with Gasteiger partial charge in [0.05, 0.1) is 0 Å². The number of likely N-dealkylation sites (N-methyl/N-ethyl adjacent to an activating group) is 2. The summed E-state index contributed by atoms with van der Waals surface area (Å²) >= 11 is 3.05. The first-order valence-electron chi connectivity index (χ1n) is 9.88. The molecule has 0 unspecified atom stereocenters. The Labute approximate surface area is 180 Å². The van der Waals surface area contributed by atoms with Crippen molar-refractivity contribution >= 4 is 43.6 Å². The van der Waals surface area contributed by atoms with Crippen molar-refractivity contribution in [2.45, 2.75) is 6.92 Å². The van der Waals surface area contributed by atoms with Crippen LogP contribution in [0, 0.1) is 6.92 Å². The van der Waals surface area contributed by atoms with Crippen molar-refractivity contribution in [2.75, 3.05) is 50.1 Å². The molecule has 0 radical (unpaired) electrons. The molecule has 2 aliphatic heterocycles. The van der Waals surface area contributed by atoms with Gasteiger partial charge in [0.1, 0.15) is 0 Å². The second-order valence-corrected chi connectivity index (χ2v) is 8.50. The number of aryl methyl sites for hydroxylation is 1. The number of nitrogens with zero attached hydrogens (tertiary/aromatic N) is 4. The number of benzene rings is 2. The molecule has 0 aromatic heterocycles. The van der Waals surface area contributed by atoms with Crippen LogP contribution >= 0.6 is 0 Å². The minimum absolute atomic E-state index is 0.0201. The molecular formula is C23H26N4OSe. The SMILES string of the molecule is Cc1ccc(N2C(=O)C(=Cc3ccc(N4CCN(C)CC4)cc3)N(C)C2=[Se])cc1. The quantitative estimate of drug-likeness (QED) is 0.527. The number of amides is 1. The van der Waals surface area contributed by atoms with Crippen LogP contribution in [0.5, 0.6) is 0 Å². The van der Waals surface area contributed by atoms with E-state index in [0.717, 1.165) is 42.1 Å². The molecule has 0 saturated carbocycles. The first-order valence-corrected chi connectivity index (χ1v) is 10.7. The maximum absolute atomic E-state index is 13.1. The molecule has 150 valence electrons. The van der Waals surface area contributed by atoms with Gasteiger partial charge < -0.3 is 0 Å². The Morgan fingerprint density at radius 1 is 0.862 bits per heavy atom. The molecule has 2 saturated heterocycles. The van der Waals surface area contributed by atoms with E-state index < -0.39 is 0 Å². The summed E-state index contributed by atoms with van der Waals surface area (Å²) in [5, 5.41) is 0. The summed E-state index contributed by atoms with van der Waals surface area (Å²) in [6.07, 6.45) is 1.96. The van der Waals surface area contributed by atoms with Crippen LogP contribution in [0.1, 0.15) is 11.1 Å². The third kappa shape index (κ3) is 4.01. The van der Waals surface area contributed by atoms with E-state index in [4.69, 9.17) is 0 Å². The number of carbonyl (C=O) groups is 1. The molecule has 4 rings (SSSR count). The van der Waals surface area contributed by atoms with Gasteiger partial charge in [0.25, 0.3) is 0 Å². The second kappa shape index (κ2) is 8.15. The zero-order valence-electron chi connectivity index (χ0n) is 17.1. The molecule has 0 aliphatic carbocycles. The average Bonchev–Trinajstić information content (AvgIpc) is 2.93. The number of hydrogen-bond donors (Lipinski definition) is 0. The van der Waals surface area contributed by atoms with Crippen molar-refractivity contribution in [3.05, 3.63) is 65.4 Å². The van der Waals surface area contributed by atoms with Gasteiger partial charge in [-0.3, -0.25) is 0 Å². The molecule has 2 fully saturated rings. The van der Waals surface area contributed by atoms with E-state index >= 15 is 0 Å². The van der Waals surface area contributed by atoms with Crippen molar-refractivity contribution in [3.8, 4) is 0 Å². The monoisotopic (exact) mass is 454 g/mol. The minimum atomic E-state index is -0.0201. The normalized spacial score (nSPS) is 19.6. The summed E-state index contributed by atoms with van der Waals surface area (Å²) in [5.74, 6) is -0.0201. The van der Waals surface area contributed by atoms with Gasteiger partial charge in [-0.2, -0.15) is 0 Å². The van der Waals surface area contributed by atoms with Crippen molar-refractivity contribution in [1.82, 2.24) is 9.80 Å².